The SMILES string of the molecule is NC(=O)COc1ccccc1OC(C(N)=O)C1CCCCC1. The van der Waals surface area contributed by atoms with Crippen molar-refractivity contribution in [2.24, 2.45) is 17.4 Å². The molecule has 1 atom stereocenters. The summed E-state index contributed by atoms with van der Waals surface area (Å²) in [5.74, 6) is -0.151. The predicted octanol–water partition coefficient (Wildman–Crippen LogP) is 1.36. The van der Waals surface area contributed by atoms with Crippen LogP contribution in [0, 0.1) is 5.92 Å². The molecule has 6 heteroatoms. The topological polar surface area (TPSA) is 105 Å². The first-order chi connectivity index (χ1) is 10.6. The summed E-state index contributed by atoms with van der Waals surface area (Å²) in [4.78, 5) is 22.6. The molecule has 1 saturated carbocycles. The summed E-state index contributed by atoms with van der Waals surface area (Å²) in [6.07, 6.45) is 4.52. The minimum atomic E-state index is -0.682. The maximum Gasteiger partial charge on any atom is 0.258 e. The normalized spacial score (nSPS) is 16.7. The van der Waals surface area contributed by atoms with Gasteiger partial charge in [-0.05, 0) is 25.0 Å². The van der Waals surface area contributed by atoms with E-state index in [0.29, 0.717) is 11.5 Å². The lowest BCUT2D eigenvalue weighted by Gasteiger charge is -2.29. The van der Waals surface area contributed by atoms with E-state index in [9.17, 15) is 9.59 Å². The van der Waals surface area contributed by atoms with Crippen molar-refractivity contribution < 1.29 is 19.1 Å². The van der Waals surface area contributed by atoms with Crippen LogP contribution >= 0.6 is 0 Å². The van der Waals surface area contributed by atoms with Crippen molar-refractivity contribution >= 4 is 11.8 Å². The van der Waals surface area contributed by atoms with Crippen LogP contribution in [-0.2, 0) is 9.59 Å². The molecule has 0 heterocycles. The fourth-order valence-corrected chi connectivity index (χ4v) is 2.78. The van der Waals surface area contributed by atoms with Crippen LogP contribution in [0.5, 0.6) is 11.5 Å². The molecule has 1 aromatic rings. The number of nitrogens with two attached hydrogens (primary N) is 2. The van der Waals surface area contributed by atoms with Gasteiger partial charge in [0.1, 0.15) is 0 Å². The summed E-state index contributed by atoms with van der Waals surface area (Å²) in [6, 6.07) is 6.88. The second-order valence-electron chi connectivity index (χ2n) is 5.54. The summed E-state index contributed by atoms with van der Waals surface area (Å²) < 4.78 is 11.1. The van der Waals surface area contributed by atoms with Crippen LogP contribution in [0.25, 0.3) is 0 Å². The number of carbonyl (C=O) groups excluding carboxylic acids is 2. The van der Waals surface area contributed by atoms with Gasteiger partial charge >= 0.3 is 0 Å². The largest absolute Gasteiger partial charge is 0.480 e. The molecular weight excluding hydrogens is 284 g/mol. The molecule has 0 aliphatic heterocycles. The van der Waals surface area contributed by atoms with Gasteiger partial charge < -0.3 is 20.9 Å². The summed E-state index contributed by atoms with van der Waals surface area (Å²) in [5, 5.41) is 0. The lowest BCUT2D eigenvalue weighted by Crippen LogP contribution is -2.41. The maximum atomic E-state index is 11.8. The summed E-state index contributed by atoms with van der Waals surface area (Å²) in [5.41, 5.74) is 10.6. The first kappa shape index (κ1) is 16.1. The second-order valence-corrected chi connectivity index (χ2v) is 5.54. The molecule has 1 aliphatic carbocycles. The average Bonchev–Trinajstić information content (AvgIpc) is 2.52. The molecule has 2 rings (SSSR count). The van der Waals surface area contributed by atoms with Gasteiger partial charge in [0.05, 0.1) is 0 Å². The van der Waals surface area contributed by atoms with Crippen LogP contribution < -0.4 is 20.9 Å². The highest BCUT2D eigenvalue weighted by Crippen LogP contribution is 2.32. The van der Waals surface area contributed by atoms with Crippen LogP contribution in [0.15, 0.2) is 24.3 Å². The van der Waals surface area contributed by atoms with Crippen molar-refractivity contribution in [2.45, 2.75) is 38.2 Å². The molecule has 120 valence electrons. The first-order valence-electron chi connectivity index (χ1n) is 7.54. The summed E-state index contributed by atoms with van der Waals surface area (Å²) in [7, 11) is 0. The van der Waals surface area contributed by atoms with Crippen molar-refractivity contribution in [3.8, 4) is 11.5 Å². The summed E-state index contributed by atoms with van der Waals surface area (Å²) in [6.45, 7) is -0.245. The van der Waals surface area contributed by atoms with Crippen LogP contribution in [0.1, 0.15) is 32.1 Å². The molecule has 0 aromatic heterocycles. The fraction of sp³-hybridized carbons (Fsp3) is 0.500. The zero-order chi connectivity index (χ0) is 15.9. The van der Waals surface area contributed by atoms with E-state index in [-0.39, 0.29) is 12.5 Å². The number of hydrogen-bond acceptors (Lipinski definition) is 4. The van der Waals surface area contributed by atoms with E-state index < -0.39 is 17.9 Å². The minimum absolute atomic E-state index is 0.121. The van der Waals surface area contributed by atoms with Gasteiger partial charge in [0.15, 0.2) is 24.2 Å². The van der Waals surface area contributed by atoms with E-state index in [1.54, 1.807) is 24.3 Å². The minimum Gasteiger partial charge on any atom is -0.480 e. The number of ether oxygens (including phenoxy) is 2. The van der Waals surface area contributed by atoms with Crippen molar-refractivity contribution in [2.75, 3.05) is 6.61 Å². The third-order valence-electron chi connectivity index (χ3n) is 3.83. The Morgan fingerprint density at radius 3 is 2.32 bits per heavy atom. The van der Waals surface area contributed by atoms with E-state index in [4.69, 9.17) is 20.9 Å². The number of carbonyl (C=O) groups is 2. The molecule has 1 aliphatic rings. The Labute approximate surface area is 129 Å². The molecule has 6 nitrogen and oxygen atoms in total. The van der Waals surface area contributed by atoms with Gasteiger partial charge in [-0.2, -0.15) is 0 Å². The number of benzene rings is 1. The molecule has 2 amide bonds. The molecule has 22 heavy (non-hydrogen) atoms. The Balaban J connectivity index is 2.12. The van der Waals surface area contributed by atoms with Gasteiger partial charge in [-0.1, -0.05) is 31.4 Å². The molecule has 0 saturated heterocycles. The molecule has 1 aromatic carbocycles. The lowest BCUT2D eigenvalue weighted by atomic mass is 9.85. The Bertz CT molecular complexity index is 527. The summed E-state index contributed by atoms with van der Waals surface area (Å²) >= 11 is 0. The Hall–Kier alpha value is -2.24. The molecule has 0 bridgehead atoms. The van der Waals surface area contributed by atoms with E-state index in [1.807, 2.05) is 0 Å². The third kappa shape index (κ3) is 4.38. The van der Waals surface area contributed by atoms with E-state index in [1.165, 1.54) is 6.42 Å². The van der Waals surface area contributed by atoms with E-state index >= 15 is 0 Å². The monoisotopic (exact) mass is 306 g/mol. The lowest BCUT2D eigenvalue weighted by molar-refractivity contribution is -0.127. The van der Waals surface area contributed by atoms with E-state index in [2.05, 4.69) is 0 Å². The molecule has 1 fully saturated rings. The van der Waals surface area contributed by atoms with E-state index in [0.717, 1.165) is 25.7 Å². The molecule has 1 unspecified atom stereocenters. The molecule has 0 spiro atoms. The maximum absolute atomic E-state index is 11.8. The van der Waals surface area contributed by atoms with Crippen molar-refractivity contribution in [1.29, 1.82) is 0 Å². The van der Waals surface area contributed by atoms with Gasteiger partial charge in [0, 0.05) is 5.92 Å². The Morgan fingerprint density at radius 1 is 1.09 bits per heavy atom. The highest BCUT2D eigenvalue weighted by molar-refractivity contribution is 5.79. The van der Waals surface area contributed by atoms with Crippen LogP contribution in [0.2, 0.25) is 0 Å². The van der Waals surface area contributed by atoms with Gasteiger partial charge in [-0.15, -0.1) is 0 Å². The van der Waals surface area contributed by atoms with Crippen LogP contribution in [0.3, 0.4) is 0 Å². The van der Waals surface area contributed by atoms with Crippen LogP contribution in [-0.4, -0.2) is 24.5 Å². The van der Waals surface area contributed by atoms with Gasteiger partial charge in [0.25, 0.3) is 11.8 Å². The zero-order valence-electron chi connectivity index (χ0n) is 12.5. The third-order valence-corrected chi connectivity index (χ3v) is 3.83. The smallest absolute Gasteiger partial charge is 0.258 e. The van der Waals surface area contributed by atoms with Crippen molar-refractivity contribution in [3.05, 3.63) is 24.3 Å². The number of rotatable bonds is 7. The predicted molar refractivity (Wildman–Crippen MR) is 81.3 cm³/mol. The second kappa shape index (κ2) is 7.68. The quantitative estimate of drug-likeness (QED) is 0.793. The van der Waals surface area contributed by atoms with Gasteiger partial charge in [-0.25, -0.2) is 0 Å². The fourth-order valence-electron chi connectivity index (χ4n) is 2.78. The van der Waals surface area contributed by atoms with Gasteiger partial charge in [-0.3, -0.25) is 9.59 Å². The highest BCUT2D eigenvalue weighted by Gasteiger charge is 2.30. The van der Waals surface area contributed by atoms with Crippen molar-refractivity contribution in [3.63, 3.8) is 0 Å². The number of hydrogen-bond donors (Lipinski definition) is 2. The average molecular weight is 306 g/mol. The highest BCUT2D eigenvalue weighted by atomic mass is 16.5. The Kier molecular flexibility index (Phi) is 5.63. The molecule has 4 N–H and O–H groups in total. The van der Waals surface area contributed by atoms with Crippen molar-refractivity contribution in [1.82, 2.24) is 0 Å². The Morgan fingerprint density at radius 2 is 1.73 bits per heavy atom. The van der Waals surface area contributed by atoms with Crippen LogP contribution in [0.4, 0.5) is 0 Å². The molecule has 0 radical (unpaired) electrons. The number of amides is 2. The van der Waals surface area contributed by atoms with Gasteiger partial charge in [0.2, 0.25) is 0 Å². The standard InChI is InChI=1S/C16H22N2O4/c17-14(19)10-21-12-8-4-5-9-13(12)22-15(16(18)20)11-6-2-1-3-7-11/h4-5,8-9,11,15H,1-3,6-7,10H2,(H2,17,19)(H2,18,20). The first-order valence-corrected chi connectivity index (χ1v) is 7.54. The number of para-hydroxylation sites is 2. The number of primary amides is 2. The zero-order valence-corrected chi connectivity index (χ0v) is 12.5. The molecular formula is C16H22N2O4.